The van der Waals surface area contributed by atoms with Crippen LogP contribution >= 0.6 is 0 Å². The molecule has 0 atom stereocenters. The van der Waals surface area contributed by atoms with Crippen LogP contribution < -0.4 is 4.90 Å². The van der Waals surface area contributed by atoms with Crippen molar-refractivity contribution in [2.24, 2.45) is 11.8 Å². The molecule has 206 valence electrons. The maximum Gasteiger partial charge on any atom is 0.335 e. The topological polar surface area (TPSA) is 65.8 Å². The third-order valence-electron chi connectivity index (χ3n) is 9.62. The largest absolute Gasteiger partial charge is 0.478 e. The molecule has 2 fully saturated rings. The molecule has 0 radical (unpaired) electrons. The number of carbonyl (C=O) groups excluding carboxylic acids is 1. The maximum absolute atomic E-state index is 13.5. The SMILES string of the molecule is CC(C)C1CCN(C(=O)CN2CCn3c(c(C4CCCCC4)c4ccc(C(=O)O)cc43)-c3ccccc32)CC1. The molecule has 6 heteroatoms. The van der Waals surface area contributed by atoms with E-state index in [1.165, 1.54) is 48.7 Å². The second kappa shape index (κ2) is 10.7. The summed E-state index contributed by atoms with van der Waals surface area (Å²) in [6.45, 7) is 8.09. The average molecular weight is 528 g/mol. The summed E-state index contributed by atoms with van der Waals surface area (Å²) in [7, 11) is 0. The first-order valence-corrected chi connectivity index (χ1v) is 14.9. The summed E-state index contributed by atoms with van der Waals surface area (Å²) in [5.74, 6) is 1.17. The summed E-state index contributed by atoms with van der Waals surface area (Å²) < 4.78 is 2.35. The maximum atomic E-state index is 13.5. The Labute approximate surface area is 231 Å². The number of benzene rings is 2. The molecular formula is C33H41N3O3. The normalized spacial score (nSPS) is 18.7. The zero-order chi connectivity index (χ0) is 27.1. The van der Waals surface area contributed by atoms with Gasteiger partial charge in [-0.2, -0.15) is 0 Å². The molecule has 2 aromatic carbocycles. The number of carboxylic acid groups (broad SMARTS) is 1. The molecule has 1 saturated heterocycles. The van der Waals surface area contributed by atoms with E-state index in [2.05, 4.69) is 52.5 Å². The minimum Gasteiger partial charge on any atom is -0.478 e. The number of piperidine rings is 1. The highest BCUT2D eigenvalue weighted by atomic mass is 16.4. The van der Waals surface area contributed by atoms with Crippen molar-refractivity contribution in [1.29, 1.82) is 0 Å². The zero-order valence-electron chi connectivity index (χ0n) is 23.4. The van der Waals surface area contributed by atoms with Gasteiger partial charge in [0.05, 0.1) is 17.8 Å². The lowest BCUT2D eigenvalue weighted by molar-refractivity contribution is -0.131. The number of carboxylic acids is 1. The van der Waals surface area contributed by atoms with Gasteiger partial charge in [-0.05, 0) is 67.2 Å². The Hall–Kier alpha value is -3.28. The Bertz CT molecular complexity index is 1380. The van der Waals surface area contributed by atoms with Gasteiger partial charge < -0.3 is 19.5 Å². The number of fused-ring (bicyclic) bond motifs is 5. The summed E-state index contributed by atoms with van der Waals surface area (Å²) in [6.07, 6.45) is 8.28. The highest BCUT2D eigenvalue weighted by Crippen LogP contribution is 2.47. The van der Waals surface area contributed by atoms with Crippen molar-refractivity contribution in [2.75, 3.05) is 31.1 Å². The van der Waals surface area contributed by atoms with Crippen LogP contribution in [0.2, 0.25) is 0 Å². The van der Waals surface area contributed by atoms with Crippen molar-refractivity contribution < 1.29 is 14.7 Å². The first kappa shape index (κ1) is 26.0. The van der Waals surface area contributed by atoms with Gasteiger partial charge in [0.2, 0.25) is 5.91 Å². The quantitative estimate of drug-likeness (QED) is 0.398. The van der Waals surface area contributed by atoms with Gasteiger partial charge >= 0.3 is 5.97 Å². The molecular weight excluding hydrogens is 486 g/mol. The van der Waals surface area contributed by atoms with Gasteiger partial charge in [-0.25, -0.2) is 4.79 Å². The number of amides is 1. The van der Waals surface area contributed by atoms with E-state index in [0.717, 1.165) is 49.2 Å². The van der Waals surface area contributed by atoms with E-state index in [-0.39, 0.29) is 5.91 Å². The smallest absolute Gasteiger partial charge is 0.335 e. The highest BCUT2D eigenvalue weighted by molar-refractivity contribution is 6.00. The standard InChI is InChI=1S/C33H41N3O3/c1-22(2)23-14-16-34(17-15-23)30(37)21-35-18-19-36-29-20-25(33(38)39)12-13-26(29)31(24-8-4-3-5-9-24)32(36)27-10-6-7-11-28(27)35/h6-7,10-13,20,22-24H,3-5,8-9,14-19,21H2,1-2H3,(H,38,39). The predicted molar refractivity (Wildman–Crippen MR) is 157 cm³/mol. The van der Waals surface area contributed by atoms with Crippen molar-refractivity contribution in [3.63, 3.8) is 0 Å². The second-order valence-corrected chi connectivity index (χ2v) is 12.2. The molecule has 3 aromatic rings. The number of nitrogens with zero attached hydrogens (tertiary/aromatic N) is 3. The monoisotopic (exact) mass is 527 g/mol. The fourth-order valence-corrected chi connectivity index (χ4v) is 7.37. The van der Waals surface area contributed by atoms with Crippen LogP contribution in [0.4, 0.5) is 5.69 Å². The Morgan fingerprint density at radius 2 is 1.67 bits per heavy atom. The minimum atomic E-state index is -0.894. The molecule has 1 aromatic heterocycles. The molecule has 6 rings (SSSR count). The predicted octanol–water partition coefficient (Wildman–Crippen LogP) is 6.77. The molecule has 0 unspecified atom stereocenters. The lowest BCUT2D eigenvalue weighted by Gasteiger charge is -2.35. The number of likely N-dealkylation sites (tertiary alicyclic amines) is 1. The zero-order valence-corrected chi connectivity index (χ0v) is 23.4. The van der Waals surface area contributed by atoms with Crippen molar-refractivity contribution in [3.8, 4) is 11.3 Å². The molecule has 1 saturated carbocycles. The summed E-state index contributed by atoms with van der Waals surface area (Å²) >= 11 is 0. The van der Waals surface area contributed by atoms with E-state index < -0.39 is 5.97 Å². The number of hydrogen-bond donors (Lipinski definition) is 1. The fraction of sp³-hybridized carbons (Fsp3) is 0.515. The summed E-state index contributed by atoms with van der Waals surface area (Å²) in [5.41, 5.74) is 6.20. The van der Waals surface area contributed by atoms with Crippen LogP contribution in [0.15, 0.2) is 42.5 Å². The molecule has 1 aliphatic carbocycles. The first-order chi connectivity index (χ1) is 18.9. The summed E-state index contributed by atoms with van der Waals surface area (Å²) in [4.78, 5) is 29.8. The lowest BCUT2D eigenvalue weighted by atomic mass is 9.81. The van der Waals surface area contributed by atoms with Crippen LogP contribution in [0.25, 0.3) is 22.2 Å². The molecule has 6 nitrogen and oxygen atoms in total. The molecule has 39 heavy (non-hydrogen) atoms. The Kier molecular flexibility index (Phi) is 7.13. The number of anilines is 1. The minimum absolute atomic E-state index is 0.212. The average Bonchev–Trinajstić information content (AvgIpc) is 3.20. The Morgan fingerprint density at radius 3 is 2.38 bits per heavy atom. The van der Waals surface area contributed by atoms with Crippen LogP contribution in [0, 0.1) is 11.8 Å². The van der Waals surface area contributed by atoms with Gasteiger partial charge in [0, 0.05) is 48.3 Å². The van der Waals surface area contributed by atoms with Gasteiger partial charge in [-0.3, -0.25) is 4.79 Å². The number of aromatic carboxylic acids is 1. The van der Waals surface area contributed by atoms with Crippen LogP contribution in [0.5, 0.6) is 0 Å². The fourth-order valence-electron chi connectivity index (χ4n) is 7.37. The van der Waals surface area contributed by atoms with Crippen LogP contribution in [-0.2, 0) is 11.3 Å². The molecule has 0 bridgehead atoms. The van der Waals surface area contributed by atoms with Crippen molar-refractivity contribution >= 4 is 28.5 Å². The molecule has 3 heterocycles. The molecule has 3 aliphatic rings. The van der Waals surface area contributed by atoms with Gasteiger partial charge in [0.1, 0.15) is 0 Å². The van der Waals surface area contributed by atoms with Crippen molar-refractivity contribution in [1.82, 2.24) is 9.47 Å². The van der Waals surface area contributed by atoms with Gasteiger partial charge in [-0.15, -0.1) is 0 Å². The van der Waals surface area contributed by atoms with Gasteiger partial charge in [0.25, 0.3) is 0 Å². The third kappa shape index (κ3) is 4.83. The number of aromatic nitrogens is 1. The van der Waals surface area contributed by atoms with E-state index in [0.29, 0.717) is 36.4 Å². The van der Waals surface area contributed by atoms with Crippen LogP contribution in [0.1, 0.15) is 80.6 Å². The van der Waals surface area contributed by atoms with Gasteiger partial charge in [-0.1, -0.05) is 57.4 Å². The third-order valence-corrected chi connectivity index (χ3v) is 9.62. The first-order valence-electron chi connectivity index (χ1n) is 14.9. The summed E-state index contributed by atoms with van der Waals surface area (Å²) in [5, 5.41) is 11.0. The van der Waals surface area contributed by atoms with E-state index in [1.807, 2.05) is 12.1 Å². The second-order valence-electron chi connectivity index (χ2n) is 12.2. The number of rotatable bonds is 5. The van der Waals surface area contributed by atoms with Crippen LogP contribution in [-0.4, -0.2) is 52.6 Å². The number of para-hydroxylation sites is 1. The van der Waals surface area contributed by atoms with E-state index in [1.54, 1.807) is 6.07 Å². The van der Waals surface area contributed by atoms with Crippen molar-refractivity contribution in [2.45, 2.75) is 71.3 Å². The van der Waals surface area contributed by atoms with E-state index in [4.69, 9.17) is 0 Å². The summed E-state index contributed by atoms with van der Waals surface area (Å²) in [6, 6.07) is 14.2. The number of carbonyl (C=O) groups is 2. The highest BCUT2D eigenvalue weighted by Gasteiger charge is 2.32. The Balaban J connectivity index is 1.39. The van der Waals surface area contributed by atoms with Crippen molar-refractivity contribution in [3.05, 3.63) is 53.6 Å². The molecule has 1 amide bonds. The Morgan fingerprint density at radius 1 is 0.923 bits per heavy atom. The molecule has 1 N–H and O–H groups in total. The van der Waals surface area contributed by atoms with Gasteiger partial charge in [0.15, 0.2) is 0 Å². The number of hydrogen-bond acceptors (Lipinski definition) is 3. The molecule has 0 spiro atoms. The lowest BCUT2D eigenvalue weighted by Crippen LogP contribution is -2.45. The molecule has 2 aliphatic heterocycles. The van der Waals surface area contributed by atoms with E-state index >= 15 is 0 Å². The van der Waals surface area contributed by atoms with E-state index in [9.17, 15) is 14.7 Å². The van der Waals surface area contributed by atoms with Crippen LogP contribution in [0.3, 0.4) is 0 Å².